The van der Waals surface area contributed by atoms with Gasteiger partial charge in [0, 0.05) is 35.6 Å². The summed E-state index contributed by atoms with van der Waals surface area (Å²) in [5, 5.41) is 3.53. The van der Waals surface area contributed by atoms with Gasteiger partial charge in [0.05, 0.1) is 5.56 Å². The van der Waals surface area contributed by atoms with Crippen molar-refractivity contribution in [2.75, 3.05) is 6.54 Å². The van der Waals surface area contributed by atoms with Crippen LogP contribution in [0.25, 0.3) is 0 Å². The van der Waals surface area contributed by atoms with Crippen molar-refractivity contribution in [1.29, 1.82) is 0 Å². The van der Waals surface area contributed by atoms with E-state index in [4.69, 9.17) is 4.74 Å². The average molecular weight is 671 g/mol. The van der Waals surface area contributed by atoms with Crippen molar-refractivity contribution in [1.82, 2.24) is 5.32 Å². The van der Waals surface area contributed by atoms with Crippen molar-refractivity contribution < 1.29 is 9.53 Å². The second kappa shape index (κ2) is 7.23. The lowest BCUT2D eigenvalue weighted by Crippen LogP contribution is -2.44. The summed E-state index contributed by atoms with van der Waals surface area (Å²) in [6.45, 7) is 0.911. The standard InChI is InChI=1S/C19H16I3NO2/c20-13-7-15(17(22)16(21)8-13)18(24)25-19(11-4-2-1-3-5-11)9-14-6-12(19)10-23-14/h1-5,7-8,12,14,23H,6,9-10H2. The quantitative estimate of drug-likeness (QED) is 0.286. The van der Waals surface area contributed by atoms with Gasteiger partial charge in [-0.2, -0.15) is 0 Å². The van der Waals surface area contributed by atoms with Crippen molar-refractivity contribution in [3.05, 3.63) is 64.3 Å². The van der Waals surface area contributed by atoms with E-state index in [0.717, 1.165) is 35.7 Å². The van der Waals surface area contributed by atoms with E-state index < -0.39 is 5.60 Å². The number of ether oxygens (including phenoxy) is 1. The van der Waals surface area contributed by atoms with E-state index in [9.17, 15) is 4.79 Å². The minimum Gasteiger partial charge on any atom is -0.450 e. The Kier molecular flexibility index (Phi) is 5.33. The highest BCUT2D eigenvalue weighted by atomic mass is 127. The molecule has 6 heteroatoms. The SMILES string of the molecule is O=C(OC1(c2ccccc2)CC2CC1CN2)c1cc(I)cc(I)c1I. The lowest BCUT2D eigenvalue weighted by Gasteiger charge is -2.38. The number of rotatable bonds is 3. The fourth-order valence-electron chi connectivity index (χ4n) is 4.05. The molecule has 1 saturated heterocycles. The summed E-state index contributed by atoms with van der Waals surface area (Å²) in [6, 6.07) is 14.7. The highest BCUT2D eigenvalue weighted by Crippen LogP contribution is 2.50. The highest BCUT2D eigenvalue weighted by Gasteiger charge is 2.55. The van der Waals surface area contributed by atoms with E-state index in [1.54, 1.807) is 0 Å². The lowest BCUT2D eigenvalue weighted by atomic mass is 9.82. The van der Waals surface area contributed by atoms with Gasteiger partial charge >= 0.3 is 5.97 Å². The van der Waals surface area contributed by atoms with Gasteiger partial charge in [0.1, 0.15) is 5.60 Å². The van der Waals surface area contributed by atoms with Gasteiger partial charge in [-0.25, -0.2) is 4.79 Å². The summed E-state index contributed by atoms with van der Waals surface area (Å²) in [5.74, 6) is 0.126. The van der Waals surface area contributed by atoms with E-state index >= 15 is 0 Å². The van der Waals surface area contributed by atoms with Crippen LogP contribution in [-0.4, -0.2) is 18.6 Å². The predicted octanol–water partition coefficient (Wildman–Crippen LogP) is 4.93. The van der Waals surface area contributed by atoms with Crippen molar-refractivity contribution >= 4 is 73.7 Å². The molecular weight excluding hydrogens is 655 g/mol. The van der Waals surface area contributed by atoms with Gasteiger partial charge in [-0.1, -0.05) is 30.3 Å². The number of hydrogen-bond donors (Lipinski definition) is 1. The first-order chi connectivity index (χ1) is 12.0. The predicted molar refractivity (Wildman–Crippen MR) is 123 cm³/mol. The summed E-state index contributed by atoms with van der Waals surface area (Å²) < 4.78 is 9.41. The first-order valence-corrected chi connectivity index (χ1v) is 11.4. The van der Waals surface area contributed by atoms with Crippen molar-refractivity contribution in [2.24, 2.45) is 5.92 Å². The monoisotopic (exact) mass is 671 g/mol. The summed E-state index contributed by atoms with van der Waals surface area (Å²) in [6.07, 6.45) is 1.92. The molecule has 0 radical (unpaired) electrons. The Morgan fingerprint density at radius 3 is 2.56 bits per heavy atom. The van der Waals surface area contributed by atoms with Crippen molar-refractivity contribution in [2.45, 2.75) is 24.5 Å². The molecule has 1 heterocycles. The topological polar surface area (TPSA) is 38.3 Å². The number of hydrogen-bond acceptors (Lipinski definition) is 3. The van der Waals surface area contributed by atoms with Crippen LogP contribution < -0.4 is 5.32 Å². The second-order valence-corrected chi connectivity index (χ2v) is 10.1. The molecule has 0 amide bonds. The number of halogens is 3. The van der Waals surface area contributed by atoms with E-state index in [-0.39, 0.29) is 5.97 Å². The zero-order valence-corrected chi connectivity index (χ0v) is 19.7. The Bertz CT molecular complexity index is 827. The molecule has 1 aliphatic carbocycles. The number of nitrogens with one attached hydrogen (secondary N) is 1. The largest absolute Gasteiger partial charge is 0.450 e. The van der Waals surface area contributed by atoms with Gasteiger partial charge in [-0.05, 0) is 91.9 Å². The first kappa shape index (κ1) is 18.4. The Hall–Kier alpha value is 0.0600. The summed E-state index contributed by atoms with van der Waals surface area (Å²) in [5.41, 5.74) is 1.28. The van der Waals surface area contributed by atoms with Crippen LogP contribution in [0.5, 0.6) is 0 Å². The Labute approximate surface area is 188 Å². The zero-order valence-electron chi connectivity index (χ0n) is 13.3. The van der Waals surface area contributed by atoms with Crippen LogP contribution in [-0.2, 0) is 10.3 Å². The second-order valence-electron chi connectivity index (χ2n) is 6.64. The molecule has 2 fully saturated rings. The molecule has 2 bridgehead atoms. The summed E-state index contributed by atoms with van der Waals surface area (Å²) >= 11 is 6.77. The van der Waals surface area contributed by atoms with Gasteiger partial charge in [-0.3, -0.25) is 0 Å². The van der Waals surface area contributed by atoms with E-state index in [1.165, 1.54) is 0 Å². The van der Waals surface area contributed by atoms with E-state index in [0.29, 0.717) is 17.5 Å². The van der Waals surface area contributed by atoms with Crippen LogP contribution in [0.4, 0.5) is 0 Å². The fourth-order valence-corrected chi connectivity index (χ4v) is 6.42. The molecular formula is C19H16I3NO2. The lowest BCUT2D eigenvalue weighted by molar-refractivity contribution is -0.0490. The molecule has 2 aliphatic rings. The molecule has 0 aromatic heterocycles. The number of benzene rings is 2. The molecule has 3 atom stereocenters. The molecule has 4 rings (SSSR count). The average Bonchev–Trinajstić information content (AvgIpc) is 3.20. The zero-order chi connectivity index (χ0) is 17.6. The number of fused-ring (bicyclic) bond motifs is 2. The van der Waals surface area contributed by atoms with Crippen LogP contribution in [0.1, 0.15) is 28.8 Å². The fraction of sp³-hybridized carbons (Fsp3) is 0.316. The van der Waals surface area contributed by atoms with Gasteiger partial charge < -0.3 is 10.1 Å². The van der Waals surface area contributed by atoms with Crippen LogP contribution in [0.2, 0.25) is 0 Å². The summed E-state index contributed by atoms with van der Waals surface area (Å²) in [4.78, 5) is 13.1. The molecule has 3 unspecified atom stereocenters. The summed E-state index contributed by atoms with van der Waals surface area (Å²) in [7, 11) is 0. The molecule has 130 valence electrons. The van der Waals surface area contributed by atoms with Crippen LogP contribution in [0.3, 0.4) is 0 Å². The molecule has 2 aromatic carbocycles. The molecule has 2 aromatic rings. The normalized spacial score (nSPS) is 27.5. The van der Waals surface area contributed by atoms with Gasteiger partial charge in [0.2, 0.25) is 0 Å². The van der Waals surface area contributed by atoms with Crippen LogP contribution >= 0.6 is 67.8 Å². The Morgan fingerprint density at radius 2 is 1.92 bits per heavy atom. The van der Waals surface area contributed by atoms with Gasteiger partial charge in [0.25, 0.3) is 0 Å². The van der Waals surface area contributed by atoms with E-state index in [1.807, 2.05) is 24.3 Å². The number of carbonyl (C=O) groups excluding carboxylic acids is 1. The maximum atomic E-state index is 13.1. The molecule has 25 heavy (non-hydrogen) atoms. The third-order valence-electron chi connectivity index (χ3n) is 5.18. The minimum atomic E-state index is -0.510. The molecule has 3 nitrogen and oxygen atoms in total. The Morgan fingerprint density at radius 1 is 1.16 bits per heavy atom. The minimum absolute atomic E-state index is 0.211. The molecule has 1 saturated carbocycles. The molecule has 1 N–H and O–H groups in total. The maximum absolute atomic E-state index is 13.1. The third kappa shape index (κ3) is 3.36. The first-order valence-electron chi connectivity index (χ1n) is 8.16. The smallest absolute Gasteiger partial charge is 0.340 e. The number of esters is 1. The van der Waals surface area contributed by atoms with Crippen LogP contribution in [0, 0.1) is 16.6 Å². The highest BCUT2D eigenvalue weighted by molar-refractivity contribution is 14.1. The van der Waals surface area contributed by atoms with Gasteiger partial charge in [-0.15, -0.1) is 0 Å². The Balaban J connectivity index is 1.72. The maximum Gasteiger partial charge on any atom is 0.340 e. The number of piperidine rings is 1. The molecule has 0 spiro atoms. The van der Waals surface area contributed by atoms with Crippen molar-refractivity contribution in [3.8, 4) is 0 Å². The number of carbonyl (C=O) groups is 1. The molecule has 1 aliphatic heterocycles. The van der Waals surface area contributed by atoms with Crippen LogP contribution in [0.15, 0.2) is 42.5 Å². The van der Waals surface area contributed by atoms with E-state index in [2.05, 4.69) is 91.3 Å². The van der Waals surface area contributed by atoms with Crippen molar-refractivity contribution in [3.63, 3.8) is 0 Å². The third-order valence-corrected chi connectivity index (χ3v) is 8.85. The van der Waals surface area contributed by atoms with Gasteiger partial charge in [0.15, 0.2) is 0 Å².